The van der Waals surface area contributed by atoms with E-state index in [2.05, 4.69) is 41.2 Å². The third kappa shape index (κ3) is 5.07. The maximum atomic E-state index is 9.42. The lowest BCUT2D eigenvalue weighted by Gasteiger charge is -2.32. The number of hydrogen-bond acceptors (Lipinski definition) is 6. The van der Waals surface area contributed by atoms with E-state index in [0.29, 0.717) is 24.0 Å². The summed E-state index contributed by atoms with van der Waals surface area (Å²) in [6, 6.07) is 11.6. The molecular formula is C23H25BrClN5O2. The van der Waals surface area contributed by atoms with E-state index in [-0.39, 0.29) is 19.0 Å². The molecule has 0 spiro atoms. The Morgan fingerprint density at radius 1 is 1.19 bits per heavy atom. The monoisotopic (exact) mass is 517 g/mol. The van der Waals surface area contributed by atoms with Gasteiger partial charge in [-0.1, -0.05) is 18.2 Å². The number of aliphatic hydroxyl groups is 1. The Labute approximate surface area is 202 Å². The summed E-state index contributed by atoms with van der Waals surface area (Å²) in [5, 5.41) is 23.7. The maximum Gasteiger partial charge on any atom is 0.188 e. The summed E-state index contributed by atoms with van der Waals surface area (Å²) in [5.74, 6) is 2.63. The van der Waals surface area contributed by atoms with Crippen LogP contribution in [0.2, 0.25) is 0 Å². The molecule has 0 saturated carbocycles. The van der Waals surface area contributed by atoms with Gasteiger partial charge in [0.05, 0.1) is 18.2 Å². The lowest BCUT2D eigenvalue weighted by Crippen LogP contribution is -2.35. The SMILES string of the molecule is Cl.[C-]#[N+]c1ccc2c(N3CCC(CO)CC3)nnc(NCc3ccc(OC)c(Br)c3)c2c1. The van der Waals surface area contributed by atoms with Crippen LogP contribution in [0.15, 0.2) is 40.9 Å². The van der Waals surface area contributed by atoms with Crippen LogP contribution in [0.4, 0.5) is 17.3 Å². The molecule has 1 aliphatic rings. The molecule has 1 aromatic heterocycles. The number of hydrogen-bond donors (Lipinski definition) is 2. The number of aromatic nitrogens is 2. The molecule has 2 N–H and O–H groups in total. The Morgan fingerprint density at radius 2 is 1.97 bits per heavy atom. The summed E-state index contributed by atoms with van der Waals surface area (Å²) in [5.41, 5.74) is 1.64. The maximum absolute atomic E-state index is 9.42. The van der Waals surface area contributed by atoms with Gasteiger partial charge in [0, 0.05) is 37.0 Å². The standard InChI is InChI=1S/C23H24BrN5O2.ClH/c1-25-17-4-5-18-19(12-17)22(26-13-16-3-6-21(31-2)20(24)11-16)27-28-23(18)29-9-7-15(14-30)8-10-29;/h3-6,11-12,15,30H,7-10,13-14H2,2H3,(H,26,27);1H. The van der Waals surface area contributed by atoms with Gasteiger partial charge in [-0.2, -0.15) is 0 Å². The van der Waals surface area contributed by atoms with Crippen LogP contribution in [0.25, 0.3) is 15.6 Å². The van der Waals surface area contributed by atoms with Gasteiger partial charge in [0.2, 0.25) is 0 Å². The highest BCUT2D eigenvalue weighted by Gasteiger charge is 2.22. The van der Waals surface area contributed by atoms with E-state index >= 15 is 0 Å². The summed E-state index contributed by atoms with van der Waals surface area (Å²) in [7, 11) is 1.64. The van der Waals surface area contributed by atoms with E-state index < -0.39 is 0 Å². The molecule has 0 bridgehead atoms. The number of halogens is 2. The number of nitrogens with zero attached hydrogens (tertiary/aromatic N) is 4. The van der Waals surface area contributed by atoms with Crippen LogP contribution in [0.5, 0.6) is 5.75 Å². The van der Waals surface area contributed by atoms with Crippen molar-refractivity contribution < 1.29 is 9.84 Å². The second-order valence-corrected chi connectivity index (χ2v) is 8.50. The Bertz CT molecular complexity index is 1130. The Balaban J connectivity index is 0.00000289. The zero-order chi connectivity index (χ0) is 21.8. The first kappa shape index (κ1) is 24.1. The minimum Gasteiger partial charge on any atom is -0.496 e. The second-order valence-electron chi connectivity index (χ2n) is 7.65. The van der Waals surface area contributed by atoms with Gasteiger partial charge in [-0.25, -0.2) is 4.85 Å². The number of nitrogens with one attached hydrogen (secondary N) is 1. The first-order chi connectivity index (χ1) is 15.1. The van der Waals surface area contributed by atoms with Gasteiger partial charge in [0.15, 0.2) is 17.3 Å². The van der Waals surface area contributed by atoms with Crippen LogP contribution < -0.4 is 15.0 Å². The first-order valence-corrected chi connectivity index (χ1v) is 11.0. The van der Waals surface area contributed by atoms with E-state index in [1.165, 1.54) is 0 Å². The fraction of sp³-hybridized carbons (Fsp3) is 0.348. The average Bonchev–Trinajstić information content (AvgIpc) is 2.82. The van der Waals surface area contributed by atoms with E-state index in [4.69, 9.17) is 11.3 Å². The second kappa shape index (κ2) is 10.8. The molecule has 2 aromatic carbocycles. The minimum atomic E-state index is 0. The molecule has 4 rings (SSSR count). The topological polar surface area (TPSA) is 74.9 Å². The molecule has 32 heavy (non-hydrogen) atoms. The number of piperidine rings is 1. The normalized spacial score (nSPS) is 14.0. The largest absolute Gasteiger partial charge is 0.496 e. The van der Waals surface area contributed by atoms with Gasteiger partial charge in [-0.15, -0.1) is 22.6 Å². The van der Waals surface area contributed by atoms with Crippen molar-refractivity contribution in [2.45, 2.75) is 19.4 Å². The number of methoxy groups -OCH3 is 1. The molecule has 0 atom stereocenters. The fourth-order valence-electron chi connectivity index (χ4n) is 3.89. The third-order valence-electron chi connectivity index (χ3n) is 5.72. The Kier molecular flexibility index (Phi) is 8.13. The summed E-state index contributed by atoms with van der Waals surface area (Å²) in [4.78, 5) is 5.81. The number of fused-ring (bicyclic) bond motifs is 1. The highest BCUT2D eigenvalue weighted by Crippen LogP contribution is 2.34. The van der Waals surface area contributed by atoms with Gasteiger partial charge in [0.25, 0.3) is 0 Å². The molecule has 0 aliphatic carbocycles. The van der Waals surface area contributed by atoms with E-state index in [1.807, 2.05) is 36.4 Å². The quantitative estimate of drug-likeness (QED) is 0.437. The number of rotatable bonds is 6. The van der Waals surface area contributed by atoms with E-state index in [9.17, 15) is 5.11 Å². The number of anilines is 2. The molecule has 3 aromatic rings. The number of ether oxygens (including phenoxy) is 1. The van der Waals surface area contributed by atoms with Crippen molar-refractivity contribution >= 4 is 56.4 Å². The molecule has 0 amide bonds. The van der Waals surface area contributed by atoms with Crippen molar-refractivity contribution in [1.29, 1.82) is 0 Å². The van der Waals surface area contributed by atoms with Crippen LogP contribution in [0, 0.1) is 12.5 Å². The highest BCUT2D eigenvalue weighted by atomic mass is 79.9. The van der Waals surface area contributed by atoms with Crippen LogP contribution in [-0.4, -0.2) is 42.1 Å². The van der Waals surface area contributed by atoms with E-state index in [0.717, 1.165) is 58.3 Å². The van der Waals surface area contributed by atoms with Gasteiger partial charge in [-0.05, 0) is 58.5 Å². The Morgan fingerprint density at radius 3 is 2.62 bits per heavy atom. The molecule has 1 aliphatic heterocycles. The zero-order valence-electron chi connectivity index (χ0n) is 17.7. The lowest BCUT2D eigenvalue weighted by molar-refractivity contribution is 0.203. The van der Waals surface area contributed by atoms with Crippen molar-refractivity contribution in [3.8, 4) is 5.75 Å². The molecule has 9 heteroatoms. The first-order valence-electron chi connectivity index (χ1n) is 10.2. The highest BCUT2D eigenvalue weighted by molar-refractivity contribution is 9.10. The summed E-state index contributed by atoms with van der Waals surface area (Å²) < 4.78 is 6.19. The molecule has 7 nitrogen and oxygen atoms in total. The summed E-state index contributed by atoms with van der Waals surface area (Å²) in [6.07, 6.45) is 1.87. The van der Waals surface area contributed by atoms with Crippen LogP contribution in [-0.2, 0) is 6.54 Å². The average molecular weight is 519 g/mol. The van der Waals surface area contributed by atoms with Crippen LogP contribution in [0.3, 0.4) is 0 Å². The molecule has 0 radical (unpaired) electrons. The summed E-state index contributed by atoms with van der Waals surface area (Å²) in [6.45, 7) is 9.88. The van der Waals surface area contributed by atoms with Gasteiger partial charge < -0.3 is 20.1 Å². The smallest absolute Gasteiger partial charge is 0.188 e. The summed E-state index contributed by atoms with van der Waals surface area (Å²) >= 11 is 3.52. The van der Waals surface area contributed by atoms with Crippen molar-refractivity contribution in [2.24, 2.45) is 5.92 Å². The van der Waals surface area contributed by atoms with Crippen molar-refractivity contribution in [2.75, 3.05) is 37.0 Å². The van der Waals surface area contributed by atoms with Crippen molar-refractivity contribution in [1.82, 2.24) is 10.2 Å². The van der Waals surface area contributed by atoms with Crippen LogP contribution in [0.1, 0.15) is 18.4 Å². The minimum absolute atomic E-state index is 0. The Hall–Kier alpha value is -2.60. The van der Waals surface area contributed by atoms with Gasteiger partial charge in [0.1, 0.15) is 5.75 Å². The van der Waals surface area contributed by atoms with Gasteiger partial charge >= 0.3 is 0 Å². The fourth-order valence-corrected chi connectivity index (χ4v) is 4.48. The van der Waals surface area contributed by atoms with E-state index in [1.54, 1.807) is 7.11 Å². The van der Waals surface area contributed by atoms with Crippen molar-refractivity contribution in [3.63, 3.8) is 0 Å². The number of benzene rings is 2. The van der Waals surface area contributed by atoms with Gasteiger partial charge in [-0.3, -0.25) is 0 Å². The molecule has 2 heterocycles. The predicted molar refractivity (Wildman–Crippen MR) is 133 cm³/mol. The lowest BCUT2D eigenvalue weighted by atomic mass is 9.97. The predicted octanol–water partition coefficient (Wildman–Crippen LogP) is 5.19. The molecule has 1 fully saturated rings. The third-order valence-corrected chi connectivity index (χ3v) is 6.34. The van der Waals surface area contributed by atoms with Crippen molar-refractivity contribution in [3.05, 3.63) is 57.9 Å². The number of aliphatic hydroxyl groups excluding tert-OH is 1. The van der Waals surface area contributed by atoms with Crippen LogP contribution >= 0.6 is 28.3 Å². The molecule has 1 saturated heterocycles. The molecule has 0 unspecified atom stereocenters. The zero-order valence-corrected chi connectivity index (χ0v) is 20.1. The molecular weight excluding hydrogens is 494 g/mol. The molecule has 168 valence electrons.